The molecule has 166 valence electrons. The van der Waals surface area contributed by atoms with Crippen LogP contribution in [0.5, 0.6) is 0 Å². The number of sulfone groups is 1. The Morgan fingerprint density at radius 2 is 1.93 bits per heavy atom. The molecule has 2 N–H and O–H groups in total. The van der Waals surface area contributed by atoms with Crippen LogP contribution in [-0.2, 0) is 22.1 Å². The average molecular weight is 540 g/mol. The Balaban J connectivity index is 0.00000420. The first-order valence-electron chi connectivity index (χ1n) is 9.92. The quantitative estimate of drug-likeness (QED) is 0.302. The molecule has 0 saturated carbocycles. The van der Waals surface area contributed by atoms with Gasteiger partial charge in [0.2, 0.25) is 0 Å². The van der Waals surface area contributed by atoms with Crippen molar-refractivity contribution in [1.29, 1.82) is 0 Å². The fraction of sp³-hybridized carbons (Fsp3) is 0.650. The number of benzene rings is 1. The van der Waals surface area contributed by atoms with Crippen LogP contribution in [0.2, 0.25) is 0 Å². The molecule has 0 aliphatic carbocycles. The summed E-state index contributed by atoms with van der Waals surface area (Å²) in [6.07, 6.45) is 4.72. The van der Waals surface area contributed by atoms with E-state index in [0.29, 0.717) is 29.5 Å². The van der Waals surface area contributed by atoms with Gasteiger partial charge >= 0.3 is 0 Å². The van der Waals surface area contributed by atoms with Gasteiger partial charge in [-0.25, -0.2) is 12.8 Å². The van der Waals surface area contributed by atoms with E-state index in [-0.39, 0.29) is 35.5 Å². The monoisotopic (exact) mass is 540 g/mol. The van der Waals surface area contributed by atoms with Crippen LogP contribution in [0.4, 0.5) is 4.39 Å². The van der Waals surface area contributed by atoms with E-state index in [9.17, 15) is 12.8 Å². The van der Waals surface area contributed by atoms with Gasteiger partial charge in [0.15, 0.2) is 15.8 Å². The maximum Gasteiger partial charge on any atom is 0.191 e. The first kappa shape index (κ1) is 26.1. The van der Waals surface area contributed by atoms with Crippen molar-refractivity contribution < 1.29 is 12.8 Å². The summed E-state index contributed by atoms with van der Waals surface area (Å²) >= 11 is 0. The van der Waals surface area contributed by atoms with Gasteiger partial charge in [0.25, 0.3) is 0 Å². The number of hydrogen-bond donors (Lipinski definition) is 2. The molecule has 6 nitrogen and oxygen atoms in total. The summed E-state index contributed by atoms with van der Waals surface area (Å²) in [5, 5.41) is 6.52. The molecule has 1 aliphatic rings. The van der Waals surface area contributed by atoms with Crippen LogP contribution in [0.1, 0.15) is 37.3 Å². The molecule has 0 atom stereocenters. The van der Waals surface area contributed by atoms with Crippen molar-refractivity contribution >= 4 is 39.8 Å². The highest BCUT2D eigenvalue weighted by Gasteiger charge is 2.18. The number of guanidine groups is 1. The Kier molecular flexibility index (Phi) is 11.4. The predicted molar refractivity (Wildman–Crippen MR) is 128 cm³/mol. The van der Waals surface area contributed by atoms with Crippen LogP contribution in [0.15, 0.2) is 23.2 Å². The van der Waals surface area contributed by atoms with Gasteiger partial charge in [0.1, 0.15) is 5.82 Å². The Hall–Kier alpha value is -0.940. The third kappa shape index (κ3) is 9.61. The molecule has 1 fully saturated rings. The zero-order valence-corrected chi connectivity index (χ0v) is 20.7. The lowest BCUT2D eigenvalue weighted by atomic mass is 9.97. The van der Waals surface area contributed by atoms with Crippen LogP contribution >= 0.6 is 24.0 Å². The summed E-state index contributed by atoms with van der Waals surface area (Å²) in [7, 11) is -1.49. The van der Waals surface area contributed by atoms with Gasteiger partial charge in [-0.1, -0.05) is 13.0 Å². The van der Waals surface area contributed by atoms with Crippen molar-refractivity contribution in [3.05, 3.63) is 35.1 Å². The zero-order chi connectivity index (χ0) is 20.6. The standard InChI is InChI=1S/C20H33FN4O2S.HI/c1-4-9-25-10-7-16(8-11-25)13-23-20(22-2)24-14-18-12-19(21)6-5-17(18)15-28(3,26)27;/h5-6,12,16H,4,7-11,13-15H2,1-3H3,(H2,22,23,24);1H. The summed E-state index contributed by atoms with van der Waals surface area (Å²) in [6, 6.07) is 4.21. The summed E-state index contributed by atoms with van der Waals surface area (Å²) in [5.41, 5.74) is 1.23. The molecular formula is C20H34FIN4O2S. The van der Waals surface area contributed by atoms with E-state index in [1.165, 1.54) is 50.3 Å². The molecule has 1 heterocycles. The van der Waals surface area contributed by atoms with Crippen molar-refractivity contribution in [3.63, 3.8) is 0 Å². The number of likely N-dealkylation sites (tertiary alicyclic amines) is 1. The van der Waals surface area contributed by atoms with Gasteiger partial charge < -0.3 is 15.5 Å². The zero-order valence-electron chi connectivity index (χ0n) is 17.6. The summed E-state index contributed by atoms with van der Waals surface area (Å²) in [6.45, 7) is 6.83. The molecule has 2 rings (SSSR count). The maximum absolute atomic E-state index is 13.6. The maximum atomic E-state index is 13.6. The second-order valence-corrected chi connectivity index (χ2v) is 9.71. The largest absolute Gasteiger partial charge is 0.356 e. The van der Waals surface area contributed by atoms with Gasteiger partial charge in [-0.15, -0.1) is 24.0 Å². The summed E-state index contributed by atoms with van der Waals surface area (Å²) < 4.78 is 36.9. The third-order valence-electron chi connectivity index (χ3n) is 5.06. The Bertz CT molecular complexity index is 766. The van der Waals surface area contributed by atoms with E-state index in [2.05, 4.69) is 27.4 Å². The molecule has 0 unspecified atom stereocenters. The highest BCUT2D eigenvalue weighted by molar-refractivity contribution is 14.0. The van der Waals surface area contributed by atoms with E-state index in [1.807, 2.05) is 0 Å². The lowest BCUT2D eigenvalue weighted by Gasteiger charge is -2.32. The average Bonchev–Trinajstić information content (AvgIpc) is 2.64. The topological polar surface area (TPSA) is 73.8 Å². The number of aliphatic imine (C=N–C) groups is 1. The van der Waals surface area contributed by atoms with E-state index >= 15 is 0 Å². The molecule has 0 spiro atoms. The van der Waals surface area contributed by atoms with Gasteiger partial charge in [-0.05, 0) is 68.1 Å². The Morgan fingerprint density at radius 3 is 2.52 bits per heavy atom. The molecule has 9 heteroatoms. The highest BCUT2D eigenvalue weighted by Crippen LogP contribution is 2.17. The molecule has 0 radical (unpaired) electrons. The molecule has 0 bridgehead atoms. The smallest absolute Gasteiger partial charge is 0.191 e. The van der Waals surface area contributed by atoms with Crippen molar-refractivity contribution in [3.8, 4) is 0 Å². The van der Waals surface area contributed by atoms with E-state index in [1.54, 1.807) is 7.05 Å². The minimum atomic E-state index is -3.19. The van der Waals surface area contributed by atoms with E-state index < -0.39 is 9.84 Å². The van der Waals surface area contributed by atoms with Gasteiger partial charge in [-0.2, -0.15) is 0 Å². The molecule has 1 aliphatic heterocycles. The Labute approximate surface area is 191 Å². The van der Waals surface area contributed by atoms with Crippen LogP contribution in [0.3, 0.4) is 0 Å². The van der Waals surface area contributed by atoms with Crippen molar-refractivity contribution in [2.75, 3.05) is 39.5 Å². The molecular weight excluding hydrogens is 506 g/mol. The fourth-order valence-corrected chi connectivity index (χ4v) is 4.40. The third-order valence-corrected chi connectivity index (χ3v) is 5.90. The molecule has 29 heavy (non-hydrogen) atoms. The summed E-state index contributed by atoms with van der Waals surface area (Å²) in [5.74, 6) is 0.773. The van der Waals surface area contributed by atoms with E-state index in [4.69, 9.17) is 0 Å². The lowest BCUT2D eigenvalue weighted by Crippen LogP contribution is -2.42. The Morgan fingerprint density at radius 1 is 1.24 bits per heavy atom. The molecule has 1 aromatic rings. The van der Waals surface area contributed by atoms with Crippen LogP contribution in [0, 0.1) is 11.7 Å². The van der Waals surface area contributed by atoms with Gasteiger partial charge in [-0.3, -0.25) is 4.99 Å². The predicted octanol–water partition coefficient (Wildman–Crippen LogP) is 2.78. The molecule has 0 amide bonds. The minimum Gasteiger partial charge on any atom is -0.356 e. The SMILES string of the molecule is CCCN1CCC(CNC(=NC)NCc2cc(F)ccc2CS(C)(=O)=O)CC1.I. The second-order valence-electron chi connectivity index (χ2n) is 7.57. The van der Waals surface area contributed by atoms with Gasteiger partial charge in [0.05, 0.1) is 5.75 Å². The van der Waals surface area contributed by atoms with Crippen LogP contribution in [0.25, 0.3) is 0 Å². The van der Waals surface area contributed by atoms with Gasteiger partial charge in [0, 0.05) is 26.4 Å². The number of hydrogen-bond acceptors (Lipinski definition) is 4. The first-order chi connectivity index (χ1) is 13.3. The van der Waals surface area contributed by atoms with Crippen molar-refractivity contribution in [2.45, 2.75) is 38.5 Å². The number of rotatable bonds is 8. The number of halogens is 2. The fourth-order valence-electron chi connectivity index (χ4n) is 3.55. The van der Waals surface area contributed by atoms with Crippen LogP contribution in [-0.4, -0.2) is 58.8 Å². The number of nitrogens with zero attached hydrogens (tertiary/aromatic N) is 2. The number of piperidine rings is 1. The van der Waals surface area contributed by atoms with Crippen molar-refractivity contribution in [1.82, 2.24) is 15.5 Å². The summed E-state index contributed by atoms with van der Waals surface area (Å²) in [4.78, 5) is 6.74. The molecule has 1 aromatic carbocycles. The highest BCUT2D eigenvalue weighted by atomic mass is 127. The number of nitrogens with one attached hydrogen (secondary N) is 2. The van der Waals surface area contributed by atoms with Crippen molar-refractivity contribution in [2.24, 2.45) is 10.9 Å². The molecule has 0 aromatic heterocycles. The second kappa shape index (κ2) is 12.7. The molecule has 1 saturated heterocycles. The normalized spacial score (nSPS) is 16.3. The van der Waals surface area contributed by atoms with E-state index in [0.717, 1.165) is 19.6 Å². The lowest BCUT2D eigenvalue weighted by molar-refractivity contribution is 0.185. The van der Waals surface area contributed by atoms with Crippen LogP contribution < -0.4 is 10.6 Å². The first-order valence-corrected chi connectivity index (χ1v) is 12.0. The minimum absolute atomic E-state index is 0.